The number of hydrogen-bond donors (Lipinski definition) is 4. The molecule has 0 amide bonds. The molecule has 0 bridgehead atoms. The first kappa shape index (κ1) is 77.9. The Balaban J connectivity index is 0.000000271. The quantitative estimate of drug-likeness (QED) is 0.0557. The van der Waals surface area contributed by atoms with Crippen molar-refractivity contribution in [3.05, 3.63) is 223 Å². The third kappa shape index (κ3) is 18.8. The molecule has 0 fully saturated rings. The monoisotopic (exact) mass is 1350 g/mol. The second-order valence-corrected chi connectivity index (χ2v) is 28.7. The van der Waals surface area contributed by atoms with Crippen molar-refractivity contribution < 1.29 is 43.8 Å². The van der Waals surface area contributed by atoms with Crippen LogP contribution in [0.1, 0.15) is 300 Å². The summed E-state index contributed by atoms with van der Waals surface area (Å²) in [5, 5.41) is 41.9. The standard InChI is InChI=1S/2C35H51N3.C14H10O2.2Co/c2*1-20(2)28-16-24(9)17-29(21(3)4)34(28)36-26(11)32-14-13-15-33(38-32)27(12)37-35-30(22(5)6)18-25(10)19-31(35)23(7)8;15-13-11-7-3-1-5-9(11)10-6-2-4-8-12(10)14(13)16;;/h2*13-23,26-27,36-37H,1-12H3;1-8,15-16H;;/p-2. The Labute approximate surface area is 587 Å². The summed E-state index contributed by atoms with van der Waals surface area (Å²) in [6.45, 7) is 54.2. The molecule has 4 atom stereocenters. The number of nitrogens with one attached hydrogen (secondary N) is 4. The van der Waals surface area contributed by atoms with Crippen LogP contribution in [0.15, 0.2) is 133 Å². The van der Waals surface area contributed by atoms with E-state index in [9.17, 15) is 10.2 Å². The van der Waals surface area contributed by atoms with Gasteiger partial charge in [0.25, 0.3) is 0 Å². The molecule has 0 aliphatic rings. The van der Waals surface area contributed by atoms with Crippen molar-refractivity contribution in [1.29, 1.82) is 0 Å². The fraction of sp³-hybridized carbons (Fsp3) is 0.429. The van der Waals surface area contributed by atoms with Crippen LogP contribution in [0, 0.1) is 27.7 Å². The summed E-state index contributed by atoms with van der Waals surface area (Å²) < 4.78 is 0. The van der Waals surface area contributed by atoms with Crippen molar-refractivity contribution in [3.8, 4) is 11.5 Å². The molecule has 2 radical (unpaired) electrons. The van der Waals surface area contributed by atoms with Crippen molar-refractivity contribution in [2.24, 2.45) is 0 Å². The Morgan fingerprint density at radius 2 is 0.426 bits per heavy atom. The van der Waals surface area contributed by atoms with Crippen LogP contribution in [0.4, 0.5) is 22.7 Å². The molecule has 8 nitrogen and oxygen atoms in total. The van der Waals surface area contributed by atoms with Gasteiger partial charge in [-0.2, -0.15) is 0 Å². The van der Waals surface area contributed by atoms with Crippen LogP contribution in [0.3, 0.4) is 0 Å². The Kier molecular flexibility index (Phi) is 28.3. The number of benzene rings is 7. The molecular weight excluding hydrogens is 1240 g/mol. The van der Waals surface area contributed by atoms with Gasteiger partial charge in [-0.3, -0.25) is 9.97 Å². The van der Waals surface area contributed by atoms with Crippen molar-refractivity contribution in [3.63, 3.8) is 0 Å². The van der Waals surface area contributed by atoms with Gasteiger partial charge in [0.15, 0.2) is 0 Å². The molecule has 0 aliphatic heterocycles. The molecule has 94 heavy (non-hydrogen) atoms. The molecule has 0 saturated carbocycles. The van der Waals surface area contributed by atoms with Gasteiger partial charge in [-0.15, -0.1) is 11.5 Å². The maximum Gasteiger partial charge on any atom is 0.0657 e. The summed E-state index contributed by atoms with van der Waals surface area (Å²) in [5.74, 6) is 2.78. The SMILES string of the molecule is Cc1cc(C(C)C)c(NC(C)c2cccc(C(C)Nc3c(C(C)C)cc(C)cc3C(C)C)n2)c(C(C)C)c1.Cc1cc(C(C)C)c(NC(C)c2cccc(C(C)Nc3c(C(C)C)cc(C)cc3C(C)C)n2)c(C(C)C)c1.[Co].[Co].[O-]c1c([O-])c2ccccc2c2ccccc12. The van der Waals surface area contributed by atoms with Gasteiger partial charge in [0.1, 0.15) is 0 Å². The van der Waals surface area contributed by atoms with E-state index in [-0.39, 0.29) is 57.7 Å². The van der Waals surface area contributed by atoms with E-state index in [0.717, 1.165) is 33.5 Å². The molecule has 7 aromatic carbocycles. The zero-order valence-corrected chi connectivity index (χ0v) is 63.1. The van der Waals surface area contributed by atoms with Crippen molar-refractivity contribution in [2.45, 2.75) is 238 Å². The van der Waals surface area contributed by atoms with Gasteiger partial charge < -0.3 is 31.5 Å². The van der Waals surface area contributed by atoms with Crippen LogP contribution in [0.2, 0.25) is 0 Å². The van der Waals surface area contributed by atoms with E-state index in [4.69, 9.17) is 9.97 Å². The fourth-order valence-corrected chi connectivity index (χ4v) is 12.8. The smallest absolute Gasteiger partial charge is 0.0657 e. The number of pyridine rings is 2. The van der Waals surface area contributed by atoms with E-state index in [1.54, 1.807) is 24.3 Å². The van der Waals surface area contributed by atoms with Crippen LogP contribution in [0.25, 0.3) is 21.5 Å². The summed E-state index contributed by atoms with van der Waals surface area (Å²) in [6.07, 6.45) is 0. The van der Waals surface area contributed by atoms with Crippen molar-refractivity contribution >= 4 is 44.3 Å². The minimum absolute atomic E-state index is 0. The van der Waals surface area contributed by atoms with Crippen LogP contribution in [0.5, 0.6) is 11.5 Å². The maximum absolute atomic E-state index is 11.8. The largest absolute Gasteiger partial charge is 0.872 e. The van der Waals surface area contributed by atoms with Gasteiger partial charge >= 0.3 is 0 Å². The Hall–Kier alpha value is -6.83. The molecule has 9 aromatic rings. The average molecular weight is 1350 g/mol. The molecule has 0 saturated heterocycles. The second-order valence-electron chi connectivity index (χ2n) is 28.7. The van der Waals surface area contributed by atoms with Gasteiger partial charge in [-0.05, 0) is 193 Å². The third-order valence-electron chi connectivity index (χ3n) is 18.0. The van der Waals surface area contributed by atoms with Crippen LogP contribution in [-0.2, 0) is 33.6 Å². The molecule has 4 N–H and O–H groups in total. The normalized spacial score (nSPS) is 12.8. The Morgan fingerprint density at radius 1 is 0.255 bits per heavy atom. The first-order chi connectivity index (χ1) is 43.4. The number of anilines is 4. The number of rotatable bonds is 20. The minimum Gasteiger partial charge on any atom is -0.872 e. The second kappa shape index (κ2) is 34.2. The average Bonchev–Trinajstić information content (AvgIpc) is 0.778. The minimum atomic E-state index is -0.408. The summed E-state index contributed by atoms with van der Waals surface area (Å²) in [7, 11) is 0. The molecule has 2 aromatic heterocycles. The van der Waals surface area contributed by atoms with Gasteiger partial charge in [0, 0.05) is 56.3 Å². The first-order valence-electron chi connectivity index (χ1n) is 34.2. The predicted octanol–water partition coefficient (Wildman–Crippen LogP) is 23.2. The van der Waals surface area contributed by atoms with Gasteiger partial charge in [0.2, 0.25) is 0 Å². The molecular formula is C84H110Co2N6O2-2. The summed E-state index contributed by atoms with van der Waals surface area (Å²) in [4.78, 5) is 10.3. The topological polar surface area (TPSA) is 120 Å². The van der Waals surface area contributed by atoms with Crippen molar-refractivity contribution in [1.82, 2.24) is 9.97 Å². The molecule has 2 heterocycles. The molecule has 0 spiro atoms. The molecule has 0 aliphatic carbocycles. The van der Waals surface area contributed by atoms with E-state index in [0.29, 0.717) is 58.1 Å². The van der Waals surface area contributed by atoms with E-state index >= 15 is 0 Å². The van der Waals surface area contributed by atoms with Crippen LogP contribution >= 0.6 is 0 Å². The van der Waals surface area contributed by atoms with Crippen LogP contribution in [-0.4, -0.2) is 9.97 Å². The number of aromatic nitrogens is 2. The molecule has 4 unspecified atom stereocenters. The molecule has 508 valence electrons. The van der Waals surface area contributed by atoms with E-state index in [1.165, 1.54) is 89.5 Å². The van der Waals surface area contributed by atoms with E-state index in [1.807, 2.05) is 24.3 Å². The third-order valence-corrected chi connectivity index (χ3v) is 18.0. The van der Waals surface area contributed by atoms with E-state index in [2.05, 4.69) is 272 Å². The number of hydrogen-bond acceptors (Lipinski definition) is 8. The Bertz CT molecular complexity index is 3420. The number of fused-ring (bicyclic) bond motifs is 3. The fourth-order valence-electron chi connectivity index (χ4n) is 12.8. The molecule has 9 rings (SSSR count). The number of aryl methyl sites for hydroxylation is 4. The van der Waals surface area contributed by atoms with Crippen LogP contribution < -0.4 is 31.5 Å². The summed E-state index contributed by atoms with van der Waals surface area (Å²) in [6, 6.07) is 46.4. The maximum atomic E-state index is 11.8. The van der Waals surface area contributed by atoms with Gasteiger partial charge in [0.05, 0.1) is 46.9 Å². The number of nitrogens with zero attached hydrogens (tertiary/aromatic N) is 2. The van der Waals surface area contributed by atoms with E-state index < -0.39 is 11.5 Å². The molecule has 10 heteroatoms. The zero-order valence-electron chi connectivity index (χ0n) is 61.0. The summed E-state index contributed by atoms with van der Waals surface area (Å²) in [5.41, 5.74) is 25.7. The first-order valence-corrected chi connectivity index (χ1v) is 34.2. The predicted molar refractivity (Wildman–Crippen MR) is 394 cm³/mol. The zero-order chi connectivity index (χ0) is 67.7. The van der Waals surface area contributed by atoms with Gasteiger partial charge in [-0.25, -0.2) is 0 Å². The van der Waals surface area contributed by atoms with Gasteiger partial charge in [-0.1, -0.05) is 242 Å². The summed E-state index contributed by atoms with van der Waals surface area (Å²) >= 11 is 0. The van der Waals surface area contributed by atoms with Crippen molar-refractivity contribution in [2.75, 3.05) is 21.3 Å². The Morgan fingerprint density at radius 3 is 0.596 bits per heavy atom.